The van der Waals surface area contributed by atoms with Gasteiger partial charge in [-0.3, -0.25) is 0 Å². The van der Waals surface area contributed by atoms with E-state index in [0.29, 0.717) is 0 Å². The molecule has 5 heteroatoms. The number of nitrogens with zero attached hydrogens (tertiary/aromatic N) is 2. The van der Waals surface area contributed by atoms with Crippen LogP contribution in [0.25, 0.3) is 0 Å². The van der Waals surface area contributed by atoms with Crippen molar-refractivity contribution in [3.8, 4) is 0 Å². The molecule has 0 aliphatic rings. The molecule has 3 nitrogen and oxygen atoms in total. The van der Waals surface area contributed by atoms with Gasteiger partial charge in [-0.25, -0.2) is 4.98 Å². The Bertz CT molecular complexity index is 538. The third-order valence-corrected chi connectivity index (χ3v) is 4.82. The molecule has 0 saturated carbocycles. The molecule has 0 aromatic carbocycles. The molecule has 1 atom stereocenters. The van der Waals surface area contributed by atoms with E-state index in [0.717, 1.165) is 29.0 Å². The number of thiophene rings is 1. The van der Waals surface area contributed by atoms with Crippen LogP contribution in [0.15, 0.2) is 33.6 Å². The van der Waals surface area contributed by atoms with Gasteiger partial charge in [0.05, 0.1) is 3.79 Å². The number of hydrogen-bond acceptors (Lipinski definition) is 4. The van der Waals surface area contributed by atoms with Crippen molar-refractivity contribution in [2.45, 2.75) is 32.4 Å². The zero-order valence-electron chi connectivity index (χ0n) is 11.8. The van der Waals surface area contributed by atoms with Crippen LogP contribution in [0.2, 0.25) is 0 Å². The van der Waals surface area contributed by atoms with Gasteiger partial charge in [-0.15, -0.1) is 11.3 Å². The molecule has 108 valence electrons. The Balaban J connectivity index is 1.98. The molecule has 2 rings (SSSR count). The van der Waals surface area contributed by atoms with Crippen LogP contribution in [-0.2, 0) is 13.0 Å². The average Bonchev–Trinajstić information content (AvgIpc) is 2.84. The number of aromatic nitrogens is 1. The van der Waals surface area contributed by atoms with Gasteiger partial charge >= 0.3 is 0 Å². The second-order valence-electron chi connectivity index (χ2n) is 5.01. The minimum absolute atomic E-state index is 0.225. The van der Waals surface area contributed by atoms with Crippen LogP contribution in [0.3, 0.4) is 0 Å². The topological polar surface area (TPSA) is 42.1 Å². The first kappa shape index (κ1) is 15.5. The van der Waals surface area contributed by atoms with Crippen LogP contribution in [-0.4, -0.2) is 18.1 Å². The van der Waals surface area contributed by atoms with E-state index in [1.807, 2.05) is 6.20 Å². The predicted molar refractivity (Wildman–Crippen MR) is 90.3 cm³/mol. The lowest BCUT2D eigenvalue weighted by Crippen LogP contribution is -2.22. The fourth-order valence-corrected chi connectivity index (χ4v) is 3.19. The Morgan fingerprint density at radius 1 is 1.40 bits per heavy atom. The van der Waals surface area contributed by atoms with Gasteiger partial charge in [-0.2, -0.15) is 0 Å². The quantitative estimate of drug-likeness (QED) is 0.858. The SMILES string of the molecule is CCC(N)Cc1ccc(N(C)Cc2csc(Br)c2)nc1. The number of nitrogens with two attached hydrogens (primary N) is 1. The molecule has 0 fully saturated rings. The molecule has 2 aromatic heterocycles. The first-order valence-corrected chi connectivity index (χ1v) is 8.40. The van der Waals surface area contributed by atoms with E-state index in [9.17, 15) is 0 Å². The summed E-state index contributed by atoms with van der Waals surface area (Å²) in [5.74, 6) is 0.987. The molecule has 2 heterocycles. The van der Waals surface area contributed by atoms with Crippen molar-refractivity contribution >= 4 is 33.1 Å². The lowest BCUT2D eigenvalue weighted by Gasteiger charge is -2.18. The van der Waals surface area contributed by atoms with Crippen LogP contribution in [0.4, 0.5) is 5.82 Å². The van der Waals surface area contributed by atoms with Crippen LogP contribution in [0.1, 0.15) is 24.5 Å². The Kier molecular flexibility index (Phi) is 5.57. The summed E-state index contributed by atoms with van der Waals surface area (Å²) in [5.41, 5.74) is 8.46. The second-order valence-corrected chi connectivity index (χ2v) is 7.30. The molecule has 0 radical (unpaired) electrons. The molecular weight excluding hydrogens is 334 g/mol. The highest BCUT2D eigenvalue weighted by molar-refractivity contribution is 9.11. The van der Waals surface area contributed by atoms with Crippen LogP contribution >= 0.6 is 27.3 Å². The zero-order valence-corrected chi connectivity index (χ0v) is 14.2. The molecule has 0 aliphatic heterocycles. The molecule has 1 unspecified atom stereocenters. The molecule has 0 saturated heterocycles. The molecule has 2 N–H and O–H groups in total. The fourth-order valence-electron chi connectivity index (χ4n) is 1.99. The van der Waals surface area contributed by atoms with Gasteiger partial charge in [0.15, 0.2) is 0 Å². The molecule has 20 heavy (non-hydrogen) atoms. The summed E-state index contributed by atoms with van der Waals surface area (Å²) < 4.78 is 1.16. The van der Waals surface area contributed by atoms with Crippen LogP contribution in [0.5, 0.6) is 0 Å². The van der Waals surface area contributed by atoms with E-state index in [1.54, 1.807) is 11.3 Å². The van der Waals surface area contributed by atoms with E-state index < -0.39 is 0 Å². The van der Waals surface area contributed by atoms with Gasteiger partial charge in [0, 0.05) is 25.8 Å². The maximum atomic E-state index is 5.97. The lowest BCUT2D eigenvalue weighted by molar-refractivity contribution is 0.645. The molecule has 0 amide bonds. The Morgan fingerprint density at radius 3 is 2.75 bits per heavy atom. The molecular formula is C15H20BrN3S. The van der Waals surface area contributed by atoms with Gasteiger partial charge in [0.2, 0.25) is 0 Å². The third kappa shape index (κ3) is 4.30. The van der Waals surface area contributed by atoms with Crippen molar-refractivity contribution in [1.82, 2.24) is 4.98 Å². The number of rotatable bonds is 6. The predicted octanol–water partition coefficient (Wildman–Crippen LogP) is 3.82. The van der Waals surface area contributed by atoms with Gasteiger partial charge in [-0.1, -0.05) is 13.0 Å². The first-order valence-electron chi connectivity index (χ1n) is 6.73. The summed E-state index contributed by atoms with van der Waals surface area (Å²) in [6.07, 6.45) is 3.82. The monoisotopic (exact) mass is 353 g/mol. The highest BCUT2D eigenvalue weighted by Gasteiger charge is 2.07. The molecule has 0 bridgehead atoms. The second kappa shape index (κ2) is 7.20. The standard InChI is InChI=1S/C15H20BrN3S/c1-3-13(17)6-11-4-5-15(18-8-11)19(2)9-12-7-14(16)20-10-12/h4-5,7-8,10,13H,3,6,9,17H2,1-2H3. The van der Waals surface area contributed by atoms with Crippen molar-refractivity contribution in [2.75, 3.05) is 11.9 Å². The van der Waals surface area contributed by atoms with Crippen molar-refractivity contribution in [2.24, 2.45) is 5.73 Å². The average molecular weight is 354 g/mol. The first-order chi connectivity index (χ1) is 9.58. The highest BCUT2D eigenvalue weighted by Crippen LogP contribution is 2.22. The summed E-state index contributed by atoms with van der Waals surface area (Å²) >= 11 is 5.20. The van der Waals surface area contributed by atoms with E-state index >= 15 is 0 Å². The molecule has 2 aromatic rings. The number of halogens is 1. The van der Waals surface area contributed by atoms with Crippen LogP contribution < -0.4 is 10.6 Å². The van der Waals surface area contributed by atoms with Gasteiger partial charge in [0.25, 0.3) is 0 Å². The Hall–Kier alpha value is -0.910. The lowest BCUT2D eigenvalue weighted by atomic mass is 10.1. The number of hydrogen-bond donors (Lipinski definition) is 1. The minimum atomic E-state index is 0.225. The maximum absolute atomic E-state index is 5.97. The maximum Gasteiger partial charge on any atom is 0.128 e. The molecule has 0 aliphatic carbocycles. The summed E-state index contributed by atoms with van der Waals surface area (Å²) in [4.78, 5) is 6.68. The summed E-state index contributed by atoms with van der Waals surface area (Å²) in [5, 5.41) is 2.16. The number of pyridine rings is 1. The van der Waals surface area contributed by atoms with Gasteiger partial charge < -0.3 is 10.6 Å². The van der Waals surface area contributed by atoms with Crippen molar-refractivity contribution < 1.29 is 0 Å². The fraction of sp³-hybridized carbons (Fsp3) is 0.400. The summed E-state index contributed by atoms with van der Waals surface area (Å²) in [6, 6.07) is 6.57. The largest absolute Gasteiger partial charge is 0.355 e. The van der Waals surface area contributed by atoms with E-state index in [4.69, 9.17) is 5.73 Å². The summed E-state index contributed by atoms with van der Waals surface area (Å²) in [7, 11) is 2.06. The number of anilines is 1. The minimum Gasteiger partial charge on any atom is -0.355 e. The van der Waals surface area contributed by atoms with Crippen molar-refractivity contribution in [3.63, 3.8) is 0 Å². The zero-order chi connectivity index (χ0) is 14.5. The normalized spacial score (nSPS) is 12.4. The van der Waals surface area contributed by atoms with E-state index in [1.165, 1.54) is 11.1 Å². The van der Waals surface area contributed by atoms with E-state index in [-0.39, 0.29) is 6.04 Å². The summed E-state index contributed by atoms with van der Waals surface area (Å²) in [6.45, 7) is 2.97. The van der Waals surface area contributed by atoms with Crippen LogP contribution in [0, 0.1) is 0 Å². The highest BCUT2D eigenvalue weighted by atomic mass is 79.9. The van der Waals surface area contributed by atoms with Crippen molar-refractivity contribution in [3.05, 3.63) is 44.7 Å². The molecule has 0 spiro atoms. The van der Waals surface area contributed by atoms with Gasteiger partial charge in [-0.05, 0) is 57.4 Å². The van der Waals surface area contributed by atoms with Crippen molar-refractivity contribution in [1.29, 1.82) is 0 Å². The van der Waals surface area contributed by atoms with Gasteiger partial charge in [0.1, 0.15) is 5.82 Å². The Labute approximate surface area is 133 Å². The third-order valence-electron chi connectivity index (χ3n) is 3.26. The van der Waals surface area contributed by atoms with E-state index in [2.05, 4.69) is 63.4 Å². The Morgan fingerprint density at radius 2 is 2.20 bits per heavy atom. The smallest absolute Gasteiger partial charge is 0.128 e.